The smallest absolute Gasteiger partial charge is 0.426 e. The Labute approximate surface area is 81.3 Å². The minimum Gasteiger partial charge on any atom is -0.743 e. The maximum absolute atomic E-state index is 11.8. The van der Waals surface area contributed by atoms with E-state index in [1.165, 1.54) is 0 Å². The minimum absolute atomic E-state index is 0. The topological polar surface area (TPSA) is 57.2 Å². The van der Waals surface area contributed by atoms with Crippen LogP contribution in [-0.4, -0.2) is 30.6 Å². The molecule has 3 nitrogen and oxygen atoms in total. The predicted molar refractivity (Wildman–Crippen MR) is 37.1 cm³/mol. The molecule has 0 amide bonds. The highest BCUT2D eigenvalue weighted by molar-refractivity contribution is 7.86. The summed E-state index contributed by atoms with van der Waals surface area (Å²) in [6.45, 7) is 0. The number of halogens is 6. The molecule has 0 aromatic carbocycles. The van der Waals surface area contributed by atoms with E-state index in [2.05, 4.69) is 0 Å². The molecule has 0 N–H and O–H groups in total. The molecule has 0 heterocycles. The average molecular weight is 266 g/mol. The third-order valence-electron chi connectivity index (χ3n) is 0.916. The molecule has 0 spiro atoms. The molecule has 14 heavy (non-hydrogen) atoms. The van der Waals surface area contributed by atoms with E-state index < -0.39 is 27.7 Å². The summed E-state index contributed by atoms with van der Waals surface area (Å²) in [7, 11) is -6.66. The maximum atomic E-state index is 11.8. The van der Waals surface area contributed by atoms with Crippen molar-refractivity contribution in [2.45, 2.75) is 17.6 Å². The van der Waals surface area contributed by atoms with Gasteiger partial charge in [0.25, 0.3) is 6.17 Å². The van der Waals surface area contributed by atoms with E-state index in [1.807, 2.05) is 0 Å². The highest BCUT2D eigenvalue weighted by Crippen LogP contribution is 2.37. The van der Waals surface area contributed by atoms with Gasteiger partial charge in [-0.1, -0.05) is 13.5 Å². The van der Waals surface area contributed by atoms with E-state index in [-0.39, 0.29) is 13.5 Å². The van der Waals surface area contributed by atoms with Crippen molar-refractivity contribution in [2.75, 3.05) is 0 Å². The summed E-state index contributed by atoms with van der Waals surface area (Å²) in [5.41, 5.74) is 0. The van der Waals surface area contributed by atoms with Crippen molar-refractivity contribution in [3.8, 4) is 0 Å². The van der Waals surface area contributed by atoms with Gasteiger partial charge in [0.05, 0.1) is 0 Å². The van der Waals surface area contributed by atoms with Crippen LogP contribution >= 0.6 is 0 Å². The molecular weight excluding hydrogens is 262 g/mol. The van der Waals surface area contributed by atoms with Gasteiger partial charge in [0.1, 0.15) is 0 Å². The molecule has 0 saturated carbocycles. The first-order valence-electron chi connectivity index (χ1n) is 2.44. The third kappa shape index (κ3) is 3.20. The van der Waals surface area contributed by atoms with Gasteiger partial charge in [-0.15, -0.1) is 0 Å². The fourth-order valence-electron chi connectivity index (χ4n) is 0.317. The van der Waals surface area contributed by atoms with Crippen LogP contribution in [0.2, 0.25) is 0 Å². The molecule has 0 saturated heterocycles. The van der Waals surface area contributed by atoms with Crippen molar-refractivity contribution >= 4 is 23.6 Å². The number of rotatable bonds is 2. The Morgan fingerprint density at radius 3 is 1.43 bits per heavy atom. The van der Waals surface area contributed by atoms with Crippen molar-refractivity contribution in [1.82, 2.24) is 0 Å². The van der Waals surface area contributed by atoms with Crippen LogP contribution in [0.15, 0.2) is 0 Å². The Morgan fingerprint density at radius 1 is 1.07 bits per heavy atom. The van der Waals surface area contributed by atoms with Crippen LogP contribution in [0.3, 0.4) is 0 Å². The van der Waals surface area contributed by atoms with Gasteiger partial charge in [0.2, 0.25) is 0 Å². The van der Waals surface area contributed by atoms with Crippen LogP contribution < -0.4 is 0 Å². The first-order valence-corrected chi connectivity index (χ1v) is 3.85. The monoisotopic (exact) mass is 266 g/mol. The highest BCUT2D eigenvalue weighted by atomic mass is 32.2. The maximum Gasteiger partial charge on any atom is 0.426 e. The fourth-order valence-corrected chi connectivity index (χ4v) is 0.704. The van der Waals surface area contributed by atoms with Gasteiger partial charge in [-0.05, 0) is 0 Å². The second-order valence-corrected chi connectivity index (χ2v) is 3.37. The summed E-state index contributed by atoms with van der Waals surface area (Å²) >= 11 is 0. The van der Waals surface area contributed by atoms with Crippen molar-refractivity contribution in [3.63, 3.8) is 0 Å². The molecule has 0 aromatic heterocycles. The molecule has 0 aliphatic rings. The number of hydrogen-bond donors (Lipinski definition) is 0. The van der Waals surface area contributed by atoms with Gasteiger partial charge in [0.15, 0.2) is 10.1 Å². The average Bonchev–Trinajstić information content (AvgIpc) is 1.81. The highest BCUT2D eigenvalue weighted by Gasteiger charge is 2.61. The molecule has 0 aliphatic carbocycles. The van der Waals surface area contributed by atoms with E-state index in [1.54, 1.807) is 0 Å². The molecule has 0 bridgehead atoms. The van der Waals surface area contributed by atoms with Crippen molar-refractivity contribution < 1.29 is 39.3 Å². The summed E-state index contributed by atoms with van der Waals surface area (Å²) in [6, 6.07) is 0. The largest absolute Gasteiger partial charge is 0.743 e. The number of hydrogen-bond acceptors (Lipinski definition) is 3. The quantitative estimate of drug-likeness (QED) is 0.408. The Hall–Kier alpha value is -0.160. The summed E-state index contributed by atoms with van der Waals surface area (Å²) in [6.07, 6.45) is -11.1. The Balaban J connectivity index is 0. The van der Waals surface area contributed by atoms with Gasteiger partial charge in [0, 0.05) is 0 Å². The molecule has 88 valence electrons. The van der Waals surface area contributed by atoms with Gasteiger partial charge < -0.3 is 4.55 Å². The Morgan fingerprint density at radius 2 is 1.36 bits per heavy atom. The molecule has 0 aliphatic heterocycles. The van der Waals surface area contributed by atoms with Crippen LogP contribution in [0.1, 0.15) is 0 Å². The zero-order chi connectivity index (χ0) is 11.1. The standard InChI is InChI=1S/C3H2F6O3S.H2S/c4-1(2(5,6)7)3(8,9)13(10,11)12;/h1H,(H,10,11,12);1H2. The van der Waals surface area contributed by atoms with Crippen molar-refractivity contribution in [3.05, 3.63) is 0 Å². The van der Waals surface area contributed by atoms with Crippen molar-refractivity contribution in [2.24, 2.45) is 0 Å². The van der Waals surface area contributed by atoms with E-state index in [0.29, 0.717) is 0 Å². The van der Waals surface area contributed by atoms with Gasteiger partial charge >= 0.3 is 11.4 Å². The fraction of sp³-hybridized carbons (Fsp3) is 1.00. The van der Waals surface area contributed by atoms with Gasteiger partial charge in [-0.3, -0.25) is 0 Å². The summed E-state index contributed by atoms with van der Waals surface area (Å²) in [5.74, 6) is 0. The van der Waals surface area contributed by atoms with Crippen LogP contribution in [0.4, 0.5) is 26.3 Å². The molecule has 0 radical (unpaired) electrons. The molecule has 1 unspecified atom stereocenters. The lowest BCUT2D eigenvalue weighted by molar-refractivity contribution is -0.223. The first-order chi connectivity index (χ1) is 5.40. The van der Waals surface area contributed by atoms with E-state index in [0.717, 1.165) is 0 Å². The number of alkyl halides is 6. The van der Waals surface area contributed by atoms with Crippen LogP contribution in [0, 0.1) is 0 Å². The molecule has 11 heteroatoms. The molecular formula is C3H4F6O3S2. The molecule has 0 fully saturated rings. The second-order valence-electron chi connectivity index (χ2n) is 1.92. The molecule has 0 rings (SSSR count). The minimum atomic E-state index is -6.66. The van der Waals surface area contributed by atoms with Gasteiger partial charge in [-0.25, -0.2) is 12.8 Å². The van der Waals surface area contributed by atoms with Crippen LogP contribution in [-0.2, 0) is 23.6 Å². The zero-order valence-electron chi connectivity index (χ0n) is 6.06. The van der Waals surface area contributed by atoms with Crippen LogP contribution in [0.25, 0.3) is 0 Å². The SMILES string of the molecule is O=S(=O)([O-])C(F)(F)C(F)C(F)(F)F.[SH3+]. The van der Waals surface area contributed by atoms with E-state index in [9.17, 15) is 39.3 Å². The second kappa shape index (κ2) is 4.14. The summed E-state index contributed by atoms with van der Waals surface area (Å²) < 4.78 is 97.5. The van der Waals surface area contributed by atoms with Crippen LogP contribution in [0.5, 0.6) is 0 Å². The predicted octanol–water partition coefficient (Wildman–Crippen LogP) is 0.219. The van der Waals surface area contributed by atoms with E-state index in [4.69, 9.17) is 0 Å². The normalized spacial score (nSPS) is 15.9. The lowest BCUT2D eigenvalue weighted by atomic mass is 10.4. The summed E-state index contributed by atoms with van der Waals surface area (Å²) in [4.78, 5) is 0. The van der Waals surface area contributed by atoms with Gasteiger partial charge in [-0.2, -0.15) is 22.0 Å². The summed E-state index contributed by atoms with van der Waals surface area (Å²) in [5, 5.41) is -5.99. The first kappa shape index (κ1) is 16.3. The lowest BCUT2D eigenvalue weighted by Gasteiger charge is -2.24. The third-order valence-corrected chi connectivity index (χ3v) is 1.79. The molecule has 0 aromatic rings. The Bertz CT molecular complexity index is 281. The molecule has 1 atom stereocenters. The lowest BCUT2D eigenvalue weighted by Crippen LogP contribution is -2.46. The zero-order valence-corrected chi connectivity index (χ0v) is 8.03. The Kier molecular flexibility index (Phi) is 4.82. The van der Waals surface area contributed by atoms with E-state index >= 15 is 0 Å². The van der Waals surface area contributed by atoms with Crippen molar-refractivity contribution in [1.29, 1.82) is 0 Å².